The molecular formula is C16H12N4O. The van der Waals surface area contributed by atoms with Crippen LogP contribution < -0.4 is 0 Å². The number of rotatable bonds is 4. The smallest absolute Gasteiger partial charge is 0.151 e. The van der Waals surface area contributed by atoms with Crippen LogP contribution in [0.3, 0.4) is 0 Å². The Kier molecular flexibility index (Phi) is 3.93. The molecule has 3 heterocycles. The van der Waals surface area contributed by atoms with Gasteiger partial charge < -0.3 is 4.42 Å². The SMILES string of the molecule is C(=N\c1ccccn1)/c1ccc(/C=N/c2ccccn2)o1. The maximum absolute atomic E-state index is 5.57. The second-order valence-electron chi connectivity index (χ2n) is 4.13. The van der Waals surface area contributed by atoms with Crippen LogP contribution in [0.1, 0.15) is 11.5 Å². The Morgan fingerprint density at radius 3 is 1.67 bits per heavy atom. The van der Waals surface area contributed by atoms with Crippen LogP contribution in [0.5, 0.6) is 0 Å². The first-order chi connectivity index (χ1) is 10.4. The van der Waals surface area contributed by atoms with Gasteiger partial charge in [0, 0.05) is 12.4 Å². The van der Waals surface area contributed by atoms with E-state index in [9.17, 15) is 0 Å². The first kappa shape index (κ1) is 12.9. The van der Waals surface area contributed by atoms with Crippen LogP contribution in [-0.4, -0.2) is 22.4 Å². The van der Waals surface area contributed by atoms with Crippen molar-refractivity contribution in [2.24, 2.45) is 9.98 Å². The molecule has 0 atom stereocenters. The number of hydrogen-bond acceptors (Lipinski definition) is 5. The zero-order chi connectivity index (χ0) is 14.3. The molecule has 0 aliphatic carbocycles. The van der Waals surface area contributed by atoms with Crippen molar-refractivity contribution in [2.45, 2.75) is 0 Å². The van der Waals surface area contributed by atoms with E-state index in [0.717, 1.165) is 0 Å². The van der Waals surface area contributed by atoms with Crippen molar-refractivity contribution in [1.82, 2.24) is 9.97 Å². The highest BCUT2D eigenvalue weighted by atomic mass is 16.3. The van der Waals surface area contributed by atoms with Gasteiger partial charge in [-0.1, -0.05) is 12.1 Å². The lowest BCUT2D eigenvalue weighted by Crippen LogP contribution is -1.78. The molecule has 0 aliphatic heterocycles. The van der Waals surface area contributed by atoms with E-state index in [1.807, 2.05) is 48.5 Å². The van der Waals surface area contributed by atoms with Crippen LogP contribution in [0.4, 0.5) is 11.6 Å². The summed E-state index contributed by atoms with van der Waals surface area (Å²) in [6.07, 6.45) is 6.64. The zero-order valence-electron chi connectivity index (χ0n) is 11.1. The van der Waals surface area contributed by atoms with Gasteiger partial charge in [0.1, 0.15) is 11.5 Å². The Labute approximate surface area is 121 Å². The van der Waals surface area contributed by atoms with E-state index in [-0.39, 0.29) is 0 Å². The first-order valence-corrected chi connectivity index (χ1v) is 6.40. The second-order valence-corrected chi connectivity index (χ2v) is 4.13. The lowest BCUT2D eigenvalue weighted by molar-refractivity contribution is 0.553. The van der Waals surface area contributed by atoms with Crippen molar-refractivity contribution in [1.29, 1.82) is 0 Å². The quantitative estimate of drug-likeness (QED) is 0.684. The summed E-state index contributed by atoms with van der Waals surface area (Å²) in [5, 5.41) is 0. The lowest BCUT2D eigenvalue weighted by Gasteiger charge is -1.90. The largest absolute Gasteiger partial charge is 0.454 e. The Bertz CT molecular complexity index is 684. The van der Waals surface area contributed by atoms with Gasteiger partial charge in [0.25, 0.3) is 0 Å². The summed E-state index contributed by atoms with van der Waals surface area (Å²) >= 11 is 0. The Hall–Kier alpha value is -3.08. The highest BCUT2D eigenvalue weighted by molar-refractivity contribution is 5.82. The molecular weight excluding hydrogens is 264 g/mol. The molecule has 0 unspecified atom stereocenters. The molecule has 0 fully saturated rings. The Balaban J connectivity index is 1.69. The van der Waals surface area contributed by atoms with Gasteiger partial charge in [-0.05, 0) is 36.4 Å². The summed E-state index contributed by atoms with van der Waals surface area (Å²) in [7, 11) is 0. The predicted octanol–water partition coefficient (Wildman–Crippen LogP) is 3.57. The minimum absolute atomic E-state index is 0.637. The summed E-state index contributed by atoms with van der Waals surface area (Å²) in [5.41, 5.74) is 0. The molecule has 5 heteroatoms. The standard InChI is InChI=1S/C16H12N4O/c1-3-9-17-15(5-1)19-11-13-7-8-14(21-13)12-20-16-6-2-4-10-18-16/h1-12H/b19-11+,20-12+. The number of pyridine rings is 2. The Morgan fingerprint density at radius 2 is 1.24 bits per heavy atom. The zero-order valence-corrected chi connectivity index (χ0v) is 11.1. The maximum Gasteiger partial charge on any atom is 0.151 e. The molecule has 0 amide bonds. The number of nitrogens with zero attached hydrogens (tertiary/aromatic N) is 4. The number of aliphatic imine (C=N–C) groups is 2. The molecule has 3 rings (SSSR count). The van der Waals surface area contributed by atoms with Crippen molar-refractivity contribution in [2.75, 3.05) is 0 Å². The fourth-order valence-corrected chi connectivity index (χ4v) is 1.63. The Morgan fingerprint density at radius 1 is 0.714 bits per heavy atom. The second kappa shape index (κ2) is 6.38. The number of hydrogen-bond donors (Lipinski definition) is 0. The normalized spacial score (nSPS) is 11.4. The van der Waals surface area contributed by atoms with Gasteiger partial charge in [0.15, 0.2) is 11.6 Å². The van der Waals surface area contributed by atoms with E-state index in [1.165, 1.54) is 0 Å². The third-order valence-corrected chi connectivity index (χ3v) is 2.59. The van der Waals surface area contributed by atoms with Crippen LogP contribution in [-0.2, 0) is 0 Å². The molecule has 0 aromatic carbocycles. The molecule has 0 radical (unpaired) electrons. The van der Waals surface area contributed by atoms with E-state index < -0.39 is 0 Å². The lowest BCUT2D eigenvalue weighted by atomic mass is 10.4. The number of furan rings is 1. The third-order valence-electron chi connectivity index (χ3n) is 2.59. The molecule has 3 aromatic heterocycles. The first-order valence-electron chi connectivity index (χ1n) is 6.40. The van der Waals surface area contributed by atoms with Crippen molar-refractivity contribution in [3.05, 3.63) is 72.4 Å². The molecule has 3 aromatic rings. The van der Waals surface area contributed by atoms with Crippen molar-refractivity contribution < 1.29 is 4.42 Å². The van der Waals surface area contributed by atoms with Crippen LogP contribution >= 0.6 is 0 Å². The number of aromatic nitrogens is 2. The molecule has 0 N–H and O–H groups in total. The van der Waals surface area contributed by atoms with E-state index in [0.29, 0.717) is 23.2 Å². The van der Waals surface area contributed by atoms with Gasteiger partial charge in [-0.3, -0.25) is 0 Å². The van der Waals surface area contributed by atoms with Gasteiger partial charge >= 0.3 is 0 Å². The summed E-state index contributed by atoms with van der Waals surface area (Å²) in [6, 6.07) is 14.7. The monoisotopic (exact) mass is 276 g/mol. The minimum atomic E-state index is 0.637. The molecule has 0 aliphatic rings. The predicted molar refractivity (Wildman–Crippen MR) is 81.7 cm³/mol. The summed E-state index contributed by atoms with van der Waals surface area (Å²) in [4.78, 5) is 16.6. The maximum atomic E-state index is 5.57. The van der Waals surface area contributed by atoms with Crippen LogP contribution in [0.2, 0.25) is 0 Å². The summed E-state index contributed by atoms with van der Waals surface area (Å²) in [6.45, 7) is 0. The fourth-order valence-electron chi connectivity index (χ4n) is 1.63. The molecule has 0 spiro atoms. The van der Waals surface area contributed by atoms with E-state index >= 15 is 0 Å². The van der Waals surface area contributed by atoms with E-state index in [4.69, 9.17) is 4.42 Å². The summed E-state index contributed by atoms with van der Waals surface area (Å²) < 4.78 is 5.57. The topological polar surface area (TPSA) is 63.6 Å². The molecule has 21 heavy (non-hydrogen) atoms. The fraction of sp³-hybridized carbons (Fsp3) is 0. The van der Waals surface area contributed by atoms with Crippen molar-refractivity contribution in [3.8, 4) is 0 Å². The van der Waals surface area contributed by atoms with Gasteiger partial charge in [0.05, 0.1) is 12.4 Å². The van der Waals surface area contributed by atoms with Gasteiger partial charge in [0.2, 0.25) is 0 Å². The van der Waals surface area contributed by atoms with Crippen LogP contribution in [0, 0.1) is 0 Å². The van der Waals surface area contributed by atoms with Crippen LogP contribution in [0.15, 0.2) is 75.3 Å². The summed E-state index contributed by atoms with van der Waals surface area (Å²) in [5.74, 6) is 2.56. The van der Waals surface area contributed by atoms with Gasteiger partial charge in [-0.2, -0.15) is 0 Å². The highest BCUT2D eigenvalue weighted by Gasteiger charge is 1.97. The average Bonchev–Trinajstić information content (AvgIpc) is 3.01. The minimum Gasteiger partial charge on any atom is -0.454 e. The molecule has 5 nitrogen and oxygen atoms in total. The molecule has 102 valence electrons. The average molecular weight is 276 g/mol. The molecule has 0 bridgehead atoms. The van der Waals surface area contributed by atoms with Crippen molar-refractivity contribution in [3.63, 3.8) is 0 Å². The van der Waals surface area contributed by atoms with Crippen LogP contribution in [0.25, 0.3) is 0 Å². The molecule has 0 saturated carbocycles. The van der Waals surface area contributed by atoms with E-state index in [1.54, 1.807) is 24.8 Å². The van der Waals surface area contributed by atoms with Gasteiger partial charge in [-0.15, -0.1) is 0 Å². The van der Waals surface area contributed by atoms with E-state index in [2.05, 4.69) is 20.0 Å². The highest BCUT2D eigenvalue weighted by Crippen LogP contribution is 2.10. The molecule has 0 saturated heterocycles. The third kappa shape index (κ3) is 3.70. The van der Waals surface area contributed by atoms with Gasteiger partial charge in [-0.25, -0.2) is 20.0 Å². The van der Waals surface area contributed by atoms with Crippen molar-refractivity contribution >= 4 is 24.1 Å².